The van der Waals surface area contributed by atoms with Crippen molar-refractivity contribution in [3.63, 3.8) is 0 Å². The van der Waals surface area contributed by atoms with Gasteiger partial charge in [0.25, 0.3) is 0 Å². The Bertz CT molecular complexity index is 928. The normalized spacial score (nSPS) is 18.5. The van der Waals surface area contributed by atoms with E-state index in [1.807, 2.05) is 19.0 Å². The number of aryl methyl sites for hydroxylation is 1. The van der Waals surface area contributed by atoms with Gasteiger partial charge in [-0.1, -0.05) is 29.8 Å². The number of rotatable bonds is 6. The Morgan fingerprint density at radius 2 is 1.97 bits per heavy atom. The number of morpholine rings is 1. The molecule has 1 atom stereocenters. The topological polar surface area (TPSA) is 61.8 Å². The molecule has 2 aromatic rings. The molecule has 166 valence electrons. The fourth-order valence-electron chi connectivity index (χ4n) is 4.23. The standard InChI is InChI=1S/C24H33N5O2/c1-17-7-9-19(10-8-17)23-20-14-28(22(30)6-5-11-27(3)4)15-21(20)25-24(26-23)29-12-13-31-16-18(29)2/h7-10,18H,5-6,11-16H2,1-4H3/t18-/m0/s1. The van der Waals surface area contributed by atoms with Crippen LogP contribution in [-0.4, -0.2) is 72.1 Å². The summed E-state index contributed by atoms with van der Waals surface area (Å²) in [5.74, 6) is 0.933. The lowest BCUT2D eigenvalue weighted by atomic mass is 10.0. The van der Waals surface area contributed by atoms with Crippen LogP contribution < -0.4 is 4.90 Å². The van der Waals surface area contributed by atoms with Gasteiger partial charge in [0.15, 0.2) is 0 Å². The number of aromatic nitrogens is 2. The predicted molar refractivity (Wildman–Crippen MR) is 122 cm³/mol. The van der Waals surface area contributed by atoms with Crippen molar-refractivity contribution in [2.75, 3.05) is 45.3 Å². The number of carbonyl (C=O) groups excluding carboxylic acids is 1. The summed E-state index contributed by atoms with van der Waals surface area (Å²) in [6.07, 6.45) is 1.43. The van der Waals surface area contributed by atoms with Crippen LogP contribution in [0.15, 0.2) is 24.3 Å². The fourth-order valence-corrected chi connectivity index (χ4v) is 4.23. The minimum atomic E-state index is 0.191. The Kier molecular flexibility index (Phi) is 6.53. The highest BCUT2D eigenvalue weighted by molar-refractivity contribution is 5.78. The molecule has 0 radical (unpaired) electrons. The lowest BCUT2D eigenvalue weighted by Gasteiger charge is -2.33. The molecule has 31 heavy (non-hydrogen) atoms. The first-order valence-corrected chi connectivity index (χ1v) is 11.2. The number of benzene rings is 1. The third-order valence-electron chi connectivity index (χ3n) is 6.07. The van der Waals surface area contributed by atoms with Gasteiger partial charge in [-0.2, -0.15) is 0 Å². The van der Waals surface area contributed by atoms with E-state index in [1.165, 1.54) is 5.56 Å². The van der Waals surface area contributed by atoms with Gasteiger partial charge in [0.1, 0.15) is 0 Å². The number of hydrogen-bond donors (Lipinski definition) is 0. The minimum Gasteiger partial charge on any atom is -0.377 e. The van der Waals surface area contributed by atoms with Crippen LogP contribution >= 0.6 is 0 Å². The quantitative estimate of drug-likeness (QED) is 0.712. The highest BCUT2D eigenvalue weighted by Gasteiger charge is 2.31. The lowest BCUT2D eigenvalue weighted by molar-refractivity contribution is -0.132. The van der Waals surface area contributed by atoms with Gasteiger partial charge in [-0.15, -0.1) is 0 Å². The molecule has 0 aliphatic carbocycles. The van der Waals surface area contributed by atoms with Gasteiger partial charge in [-0.05, 0) is 40.9 Å². The molecule has 0 N–H and O–H groups in total. The van der Waals surface area contributed by atoms with Crippen molar-refractivity contribution in [3.8, 4) is 11.3 Å². The average Bonchev–Trinajstić information content (AvgIpc) is 3.18. The zero-order chi connectivity index (χ0) is 22.0. The van der Waals surface area contributed by atoms with Crippen molar-refractivity contribution in [3.05, 3.63) is 41.1 Å². The molecule has 1 aromatic heterocycles. The zero-order valence-corrected chi connectivity index (χ0v) is 19.1. The van der Waals surface area contributed by atoms with E-state index in [1.54, 1.807) is 0 Å². The van der Waals surface area contributed by atoms with Crippen molar-refractivity contribution in [1.29, 1.82) is 0 Å². The fraction of sp³-hybridized carbons (Fsp3) is 0.542. The van der Waals surface area contributed by atoms with Gasteiger partial charge in [-0.3, -0.25) is 4.79 Å². The summed E-state index contributed by atoms with van der Waals surface area (Å²) in [5.41, 5.74) is 5.29. The van der Waals surface area contributed by atoms with Gasteiger partial charge in [0.2, 0.25) is 11.9 Å². The number of hydrogen-bond acceptors (Lipinski definition) is 6. The third kappa shape index (κ3) is 4.88. The predicted octanol–water partition coefficient (Wildman–Crippen LogP) is 2.86. The largest absolute Gasteiger partial charge is 0.377 e. The van der Waals surface area contributed by atoms with Crippen molar-refractivity contribution in [2.45, 2.75) is 45.8 Å². The molecule has 1 fully saturated rings. The average molecular weight is 424 g/mol. The lowest BCUT2D eigenvalue weighted by Crippen LogP contribution is -2.44. The summed E-state index contributed by atoms with van der Waals surface area (Å²) in [6, 6.07) is 8.68. The second-order valence-corrected chi connectivity index (χ2v) is 8.94. The second kappa shape index (κ2) is 9.32. The van der Waals surface area contributed by atoms with Crippen LogP contribution in [-0.2, 0) is 22.6 Å². The molecule has 1 aromatic carbocycles. The molecule has 0 spiro atoms. The summed E-state index contributed by atoms with van der Waals surface area (Å²) < 4.78 is 5.60. The molecule has 4 rings (SSSR count). The Hall–Kier alpha value is -2.51. The minimum absolute atomic E-state index is 0.191. The summed E-state index contributed by atoms with van der Waals surface area (Å²) in [4.78, 5) is 29.1. The molecule has 7 heteroatoms. The van der Waals surface area contributed by atoms with E-state index < -0.39 is 0 Å². The van der Waals surface area contributed by atoms with Gasteiger partial charge < -0.3 is 19.4 Å². The Morgan fingerprint density at radius 3 is 2.68 bits per heavy atom. The maximum atomic E-state index is 12.9. The molecule has 7 nitrogen and oxygen atoms in total. The van der Waals surface area contributed by atoms with Crippen molar-refractivity contribution < 1.29 is 9.53 Å². The first-order chi connectivity index (χ1) is 14.9. The van der Waals surface area contributed by atoms with Gasteiger partial charge in [0.05, 0.1) is 43.7 Å². The van der Waals surface area contributed by atoms with Crippen LogP contribution in [0.4, 0.5) is 5.95 Å². The molecule has 1 amide bonds. The first-order valence-electron chi connectivity index (χ1n) is 11.2. The van der Waals surface area contributed by atoms with E-state index in [-0.39, 0.29) is 11.9 Å². The van der Waals surface area contributed by atoms with Crippen LogP contribution in [0.2, 0.25) is 0 Å². The molecule has 2 aliphatic rings. The number of amides is 1. The number of fused-ring (bicyclic) bond motifs is 1. The second-order valence-electron chi connectivity index (χ2n) is 8.94. The molecule has 3 heterocycles. The Labute approximate surface area is 185 Å². The molecule has 2 aliphatic heterocycles. The summed E-state index contributed by atoms with van der Waals surface area (Å²) in [5, 5.41) is 0. The van der Waals surface area contributed by atoms with Gasteiger partial charge in [0, 0.05) is 24.1 Å². The number of anilines is 1. The molecule has 0 saturated carbocycles. The van der Waals surface area contributed by atoms with Crippen LogP contribution in [0.3, 0.4) is 0 Å². The molecular weight excluding hydrogens is 390 g/mol. The SMILES string of the molecule is Cc1ccc(-c2nc(N3CCOC[C@@H]3C)nc3c2CN(C(=O)CCCN(C)C)C3)cc1. The van der Waals surface area contributed by atoms with Crippen molar-refractivity contribution in [2.24, 2.45) is 0 Å². The zero-order valence-electron chi connectivity index (χ0n) is 19.1. The number of ether oxygens (including phenoxy) is 1. The summed E-state index contributed by atoms with van der Waals surface area (Å²) in [7, 11) is 4.07. The maximum absolute atomic E-state index is 12.9. The van der Waals surface area contributed by atoms with E-state index >= 15 is 0 Å². The highest BCUT2D eigenvalue weighted by Crippen LogP contribution is 2.33. The van der Waals surface area contributed by atoms with Gasteiger partial charge in [-0.25, -0.2) is 9.97 Å². The highest BCUT2D eigenvalue weighted by atomic mass is 16.5. The van der Waals surface area contributed by atoms with Crippen molar-refractivity contribution >= 4 is 11.9 Å². The third-order valence-corrected chi connectivity index (χ3v) is 6.07. The number of nitrogens with zero attached hydrogens (tertiary/aromatic N) is 5. The maximum Gasteiger partial charge on any atom is 0.226 e. The van der Waals surface area contributed by atoms with E-state index in [4.69, 9.17) is 14.7 Å². The summed E-state index contributed by atoms with van der Waals surface area (Å²) in [6.45, 7) is 8.42. The molecule has 0 unspecified atom stereocenters. The van der Waals surface area contributed by atoms with E-state index in [9.17, 15) is 4.79 Å². The monoisotopic (exact) mass is 423 g/mol. The number of carbonyl (C=O) groups is 1. The van der Waals surface area contributed by atoms with Crippen LogP contribution in [0, 0.1) is 6.92 Å². The first kappa shape index (κ1) is 21.7. The van der Waals surface area contributed by atoms with E-state index in [0.29, 0.717) is 32.7 Å². The Balaban J connectivity index is 1.64. The Morgan fingerprint density at radius 1 is 1.19 bits per heavy atom. The molecular formula is C24H33N5O2. The van der Waals surface area contributed by atoms with Crippen LogP contribution in [0.5, 0.6) is 0 Å². The van der Waals surface area contributed by atoms with Crippen molar-refractivity contribution in [1.82, 2.24) is 19.8 Å². The van der Waals surface area contributed by atoms with E-state index in [2.05, 4.69) is 47.9 Å². The van der Waals surface area contributed by atoms with Gasteiger partial charge >= 0.3 is 0 Å². The van der Waals surface area contributed by atoms with Crippen LogP contribution in [0.25, 0.3) is 11.3 Å². The molecule has 0 bridgehead atoms. The van der Waals surface area contributed by atoms with E-state index in [0.717, 1.165) is 48.0 Å². The molecule has 1 saturated heterocycles. The smallest absolute Gasteiger partial charge is 0.226 e. The van der Waals surface area contributed by atoms with Crippen LogP contribution in [0.1, 0.15) is 36.6 Å². The summed E-state index contributed by atoms with van der Waals surface area (Å²) >= 11 is 0.